The second-order valence-corrected chi connectivity index (χ2v) is 4.92. The molecule has 1 aromatic rings. The number of nitrogen functional groups attached to an aromatic ring is 1. The van der Waals surface area contributed by atoms with Crippen LogP contribution in [-0.4, -0.2) is 15.7 Å². The number of aromatic nitrogens is 2. The summed E-state index contributed by atoms with van der Waals surface area (Å²) in [5.74, 6) is 9.61. The molecule has 0 aromatic carbocycles. The Bertz CT molecular complexity index is 338. The number of hydrogen-bond donors (Lipinski definition) is 2. The van der Waals surface area contributed by atoms with Gasteiger partial charge in [0.25, 0.3) is 0 Å². The lowest BCUT2D eigenvalue weighted by Crippen LogP contribution is -2.11. The molecule has 5 heteroatoms. The van der Waals surface area contributed by atoms with Crippen LogP contribution in [0.3, 0.4) is 0 Å². The van der Waals surface area contributed by atoms with Gasteiger partial charge in [0, 0.05) is 17.7 Å². The quantitative estimate of drug-likeness (QED) is 0.590. The van der Waals surface area contributed by atoms with Gasteiger partial charge in [0.2, 0.25) is 0 Å². The summed E-state index contributed by atoms with van der Waals surface area (Å²) in [5, 5.41) is 0. The molecule has 0 saturated heterocycles. The molecule has 1 heterocycles. The molecule has 82 valence electrons. The Kier molecular flexibility index (Phi) is 3.43. The first kappa shape index (κ1) is 10.7. The molecular weight excluding hydrogens is 208 g/mol. The van der Waals surface area contributed by atoms with E-state index in [-0.39, 0.29) is 0 Å². The van der Waals surface area contributed by atoms with Gasteiger partial charge in [-0.3, -0.25) is 0 Å². The Labute approximate surface area is 94.0 Å². The van der Waals surface area contributed by atoms with Gasteiger partial charge in [-0.05, 0) is 18.6 Å². The van der Waals surface area contributed by atoms with Crippen molar-refractivity contribution in [3.8, 4) is 0 Å². The van der Waals surface area contributed by atoms with E-state index >= 15 is 0 Å². The number of anilines is 1. The fourth-order valence-electron chi connectivity index (χ4n) is 1.44. The Hall–Kier alpha value is -0.810. The van der Waals surface area contributed by atoms with Gasteiger partial charge in [0.1, 0.15) is 11.6 Å². The second-order valence-electron chi connectivity index (χ2n) is 3.65. The summed E-state index contributed by atoms with van der Waals surface area (Å²) in [5.41, 5.74) is 3.75. The number of thioether (sulfide) groups is 1. The maximum Gasteiger partial charge on any atom is 0.143 e. The first-order chi connectivity index (χ1) is 7.33. The molecule has 1 aliphatic carbocycles. The number of nitrogens with two attached hydrogens (primary N) is 1. The highest BCUT2D eigenvalue weighted by molar-refractivity contribution is 7.98. The maximum absolute atomic E-state index is 5.39. The van der Waals surface area contributed by atoms with E-state index in [1.165, 1.54) is 12.8 Å². The minimum atomic E-state index is 0.644. The van der Waals surface area contributed by atoms with Gasteiger partial charge in [-0.2, -0.15) is 11.8 Å². The molecule has 0 atom stereocenters. The third kappa shape index (κ3) is 2.82. The van der Waals surface area contributed by atoms with E-state index in [4.69, 9.17) is 5.84 Å². The van der Waals surface area contributed by atoms with Crippen molar-refractivity contribution in [1.82, 2.24) is 9.97 Å². The fraction of sp³-hybridized carbons (Fsp3) is 0.600. The molecule has 2 rings (SSSR count). The highest BCUT2D eigenvalue weighted by Gasteiger charge is 2.25. The van der Waals surface area contributed by atoms with Gasteiger partial charge in [0.05, 0.1) is 5.75 Å². The van der Waals surface area contributed by atoms with E-state index in [1.54, 1.807) is 0 Å². The van der Waals surface area contributed by atoms with Crippen LogP contribution in [0, 0.1) is 0 Å². The summed E-state index contributed by atoms with van der Waals surface area (Å²) in [7, 11) is 0. The van der Waals surface area contributed by atoms with E-state index in [9.17, 15) is 0 Å². The Balaban J connectivity index is 2.16. The van der Waals surface area contributed by atoms with Crippen molar-refractivity contribution < 1.29 is 0 Å². The molecule has 1 aliphatic rings. The smallest absolute Gasteiger partial charge is 0.143 e. The van der Waals surface area contributed by atoms with Crippen LogP contribution in [0.15, 0.2) is 6.07 Å². The molecule has 4 nitrogen and oxygen atoms in total. The molecule has 0 spiro atoms. The molecule has 1 fully saturated rings. The highest BCUT2D eigenvalue weighted by Crippen LogP contribution is 2.39. The van der Waals surface area contributed by atoms with Crippen molar-refractivity contribution in [3.63, 3.8) is 0 Å². The zero-order valence-electron chi connectivity index (χ0n) is 8.86. The fourth-order valence-corrected chi connectivity index (χ4v) is 1.95. The minimum absolute atomic E-state index is 0.644. The normalized spacial score (nSPS) is 15.3. The molecule has 3 N–H and O–H groups in total. The summed E-state index contributed by atoms with van der Waals surface area (Å²) in [6, 6.07) is 1.96. The predicted molar refractivity (Wildman–Crippen MR) is 63.7 cm³/mol. The number of rotatable bonds is 5. The Morgan fingerprint density at radius 3 is 2.93 bits per heavy atom. The predicted octanol–water partition coefficient (Wildman–Crippen LogP) is 1.89. The molecule has 15 heavy (non-hydrogen) atoms. The third-order valence-electron chi connectivity index (χ3n) is 2.37. The van der Waals surface area contributed by atoms with Gasteiger partial charge in [-0.1, -0.05) is 6.92 Å². The van der Waals surface area contributed by atoms with Gasteiger partial charge in [0.15, 0.2) is 0 Å². The van der Waals surface area contributed by atoms with Crippen LogP contribution >= 0.6 is 11.8 Å². The zero-order chi connectivity index (χ0) is 10.7. The number of nitrogens with zero attached hydrogens (tertiary/aromatic N) is 2. The van der Waals surface area contributed by atoms with Crippen LogP contribution in [0.5, 0.6) is 0 Å². The average Bonchev–Trinajstić information content (AvgIpc) is 3.09. The standard InChI is InChI=1S/C10H16N4S/c1-2-15-6-10-12-8(7-3-4-7)5-9(13-10)14-11/h5,7H,2-4,6,11H2,1H3,(H,12,13,14). The van der Waals surface area contributed by atoms with Crippen molar-refractivity contribution in [2.75, 3.05) is 11.2 Å². The SMILES string of the molecule is CCSCc1nc(NN)cc(C2CC2)n1. The van der Waals surface area contributed by atoms with E-state index < -0.39 is 0 Å². The average molecular weight is 224 g/mol. The lowest BCUT2D eigenvalue weighted by atomic mass is 10.3. The van der Waals surface area contributed by atoms with E-state index in [0.29, 0.717) is 5.92 Å². The topological polar surface area (TPSA) is 63.8 Å². The number of nitrogens with one attached hydrogen (secondary N) is 1. The largest absolute Gasteiger partial charge is 0.308 e. The molecule has 0 aliphatic heterocycles. The summed E-state index contributed by atoms with van der Waals surface area (Å²) in [6.45, 7) is 2.14. The van der Waals surface area contributed by atoms with Crippen LogP contribution in [0.25, 0.3) is 0 Å². The van der Waals surface area contributed by atoms with Gasteiger partial charge in [-0.15, -0.1) is 0 Å². The van der Waals surface area contributed by atoms with Gasteiger partial charge >= 0.3 is 0 Å². The Morgan fingerprint density at radius 1 is 1.53 bits per heavy atom. The maximum atomic E-state index is 5.39. The molecule has 1 saturated carbocycles. The zero-order valence-corrected chi connectivity index (χ0v) is 9.68. The molecule has 0 bridgehead atoms. The molecule has 0 unspecified atom stereocenters. The summed E-state index contributed by atoms with van der Waals surface area (Å²) >= 11 is 1.83. The van der Waals surface area contributed by atoms with Crippen LogP contribution in [0.1, 0.15) is 37.2 Å². The van der Waals surface area contributed by atoms with Crippen LogP contribution < -0.4 is 11.3 Å². The van der Waals surface area contributed by atoms with Crippen molar-refractivity contribution in [2.24, 2.45) is 5.84 Å². The summed E-state index contributed by atoms with van der Waals surface area (Å²) in [6.07, 6.45) is 2.50. The van der Waals surface area contributed by atoms with Gasteiger partial charge < -0.3 is 5.43 Å². The van der Waals surface area contributed by atoms with Gasteiger partial charge in [-0.25, -0.2) is 15.8 Å². The third-order valence-corrected chi connectivity index (χ3v) is 3.24. The van der Waals surface area contributed by atoms with Crippen molar-refractivity contribution in [2.45, 2.75) is 31.4 Å². The molecule has 0 radical (unpaired) electrons. The van der Waals surface area contributed by atoms with E-state index in [0.717, 1.165) is 28.8 Å². The number of hydrazine groups is 1. The minimum Gasteiger partial charge on any atom is -0.308 e. The van der Waals surface area contributed by atoms with Crippen LogP contribution in [0.2, 0.25) is 0 Å². The lowest BCUT2D eigenvalue weighted by Gasteiger charge is -2.06. The summed E-state index contributed by atoms with van der Waals surface area (Å²) < 4.78 is 0. The van der Waals surface area contributed by atoms with E-state index in [1.807, 2.05) is 17.8 Å². The first-order valence-corrected chi connectivity index (χ1v) is 6.41. The monoisotopic (exact) mass is 224 g/mol. The molecule has 0 amide bonds. The van der Waals surface area contributed by atoms with Crippen LogP contribution in [-0.2, 0) is 5.75 Å². The second kappa shape index (κ2) is 4.81. The first-order valence-electron chi connectivity index (χ1n) is 5.25. The summed E-state index contributed by atoms with van der Waals surface area (Å²) in [4.78, 5) is 8.88. The van der Waals surface area contributed by atoms with E-state index in [2.05, 4.69) is 22.3 Å². The van der Waals surface area contributed by atoms with Crippen LogP contribution in [0.4, 0.5) is 5.82 Å². The Morgan fingerprint density at radius 2 is 2.33 bits per heavy atom. The highest BCUT2D eigenvalue weighted by atomic mass is 32.2. The molecule has 1 aromatic heterocycles. The number of hydrogen-bond acceptors (Lipinski definition) is 5. The lowest BCUT2D eigenvalue weighted by molar-refractivity contribution is 0.930. The van der Waals surface area contributed by atoms with Crippen molar-refractivity contribution in [3.05, 3.63) is 17.6 Å². The molecular formula is C10H16N4S. The van der Waals surface area contributed by atoms with Crippen molar-refractivity contribution >= 4 is 17.6 Å². The van der Waals surface area contributed by atoms with Crippen molar-refractivity contribution in [1.29, 1.82) is 0 Å².